The van der Waals surface area contributed by atoms with Crippen LogP contribution in [0.15, 0.2) is 24.3 Å². The lowest BCUT2D eigenvalue weighted by Crippen LogP contribution is -2.42. The summed E-state index contributed by atoms with van der Waals surface area (Å²) in [6.45, 7) is 4.17. The molecule has 20 heavy (non-hydrogen) atoms. The van der Waals surface area contributed by atoms with Gasteiger partial charge in [-0.1, -0.05) is 6.07 Å². The number of carbonyl (C=O) groups excluding carboxylic acids is 1. The summed E-state index contributed by atoms with van der Waals surface area (Å²) in [7, 11) is 0. The van der Waals surface area contributed by atoms with Crippen LogP contribution >= 0.6 is 0 Å². The van der Waals surface area contributed by atoms with Crippen LogP contribution < -0.4 is 11.1 Å². The van der Waals surface area contributed by atoms with Gasteiger partial charge in [-0.15, -0.1) is 0 Å². The Morgan fingerprint density at radius 2 is 2.20 bits per heavy atom. The summed E-state index contributed by atoms with van der Waals surface area (Å²) in [6, 6.07) is 6.16. The smallest absolute Gasteiger partial charge is 0.238 e. The quantitative estimate of drug-likeness (QED) is 0.884. The number of nitrogens with one attached hydrogen (secondary N) is 1. The zero-order valence-electron chi connectivity index (χ0n) is 11.8. The number of rotatable bonds is 4. The van der Waals surface area contributed by atoms with Gasteiger partial charge >= 0.3 is 0 Å². The number of carbonyl (C=O) groups is 1. The Kier molecular flexibility index (Phi) is 5.09. The van der Waals surface area contributed by atoms with Gasteiger partial charge < -0.3 is 11.1 Å². The number of anilines is 1. The molecule has 1 aliphatic heterocycles. The van der Waals surface area contributed by atoms with Gasteiger partial charge in [0.25, 0.3) is 0 Å². The Balaban J connectivity index is 1.78. The van der Waals surface area contributed by atoms with E-state index < -0.39 is 0 Å². The fourth-order valence-corrected chi connectivity index (χ4v) is 2.61. The van der Waals surface area contributed by atoms with Gasteiger partial charge in [0.15, 0.2) is 0 Å². The number of halogens is 1. The van der Waals surface area contributed by atoms with Crippen molar-refractivity contribution in [3.8, 4) is 0 Å². The lowest BCUT2D eigenvalue weighted by molar-refractivity contribution is -0.117. The van der Waals surface area contributed by atoms with Gasteiger partial charge in [0, 0.05) is 11.7 Å². The van der Waals surface area contributed by atoms with Crippen molar-refractivity contribution in [2.75, 3.05) is 25.0 Å². The van der Waals surface area contributed by atoms with Crippen LogP contribution in [-0.2, 0) is 4.79 Å². The van der Waals surface area contributed by atoms with E-state index in [1.807, 2.05) is 6.92 Å². The highest BCUT2D eigenvalue weighted by Gasteiger charge is 2.22. The second-order valence-corrected chi connectivity index (χ2v) is 5.53. The topological polar surface area (TPSA) is 58.4 Å². The van der Waals surface area contributed by atoms with Crippen molar-refractivity contribution in [2.24, 2.45) is 11.7 Å². The van der Waals surface area contributed by atoms with Gasteiger partial charge in [0.2, 0.25) is 5.91 Å². The minimum absolute atomic E-state index is 0.102. The maximum absolute atomic E-state index is 13.0. The van der Waals surface area contributed by atoms with Crippen molar-refractivity contribution < 1.29 is 9.18 Å². The minimum atomic E-state index is -0.347. The number of benzene rings is 1. The number of nitrogens with zero attached hydrogens (tertiary/aromatic N) is 1. The standard InChI is InChI=1S/C15H22FN3O/c1-11(17)12-5-7-19(8-6-12)10-15(20)18-14-4-2-3-13(16)9-14/h2-4,9,11-12H,5-8,10,17H2,1H3,(H,18,20). The van der Waals surface area contributed by atoms with Crippen LogP contribution in [-0.4, -0.2) is 36.5 Å². The third-order valence-electron chi connectivity index (χ3n) is 3.85. The first kappa shape index (κ1) is 14.9. The Hall–Kier alpha value is -1.46. The molecule has 0 bridgehead atoms. The molecule has 1 fully saturated rings. The number of amides is 1. The molecule has 0 radical (unpaired) electrons. The van der Waals surface area contributed by atoms with Crippen LogP contribution in [0, 0.1) is 11.7 Å². The third-order valence-corrected chi connectivity index (χ3v) is 3.85. The summed E-state index contributed by atoms with van der Waals surface area (Å²) in [5.74, 6) is 0.105. The van der Waals surface area contributed by atoms with Gasteiger partial charge in [-0.2, -0.15) is 0 Å². The molecular formula is C15H22FN3O. The molecule has 0 saturated carbocycles. The second kappa shape index (κ2) is 6.81. The molecule has 1 heterocycles. The molecule has 1 atom stereocenters. The van der Waals surface area contributed by atoms with E-state index >= 15 is 0 Å². The van der Waals surface area contributed by atoms with Crippen molar-refractivity contribution in [3.63, 3.8) is 0 Å². The molecule has 1 amide bonds. The first-order valence-electron chi connectivity index (χ1n) is 7.08. The van der Waals surface area contributed by atoms with E-state index in [1.54, 1.807) is 12.1 Å². The zero-order valence-corrected chi connectivity index (χ0v) is 11.8. The van der Waals surface area contributed by atoms with Crippen LogP contribution in [0.3, 0.4) is 0 Å². The van der Waals surface area contributed by atoms with E-state index in [0.717, 1.165) is 25.9 Å². The number of likely N-dealkylation sites (tertiary alicyclic amines) is 1. The number of nitrogens with two attached hydrogens (primary N) is 1. The first-order chi connectivity index (χ1) is 9.54. The first-order valence-corrected chi connectivity index (χ1v) is 7.08. The average molecular weight is 279 g/mol. The summed E-state index contributed by atoms with van der Waals surface area (Å²) in [5, 5.41) is 2.72. The summed E-state index contributed by atoms with van der Waals surface area (Å²) < 4.78 is 13.0. The fraction of sp³-hybridized carbons (Fsp3) is 0.533. The van der Waals surface area contributed by atoms with E-state index in [0.29, 0.717) is 18.2 Å². The largest absolute Gasteiger partial charge is 0.328 e. The number of piperidine rings is 1. The lowest BCUT2D eigenvalue weighted by atomic mass is 9.91. The van der Waals surface area contributed by atoms with Crippen molar-refractivity contribution in [3.05, 3.63) is 30.1 Å². The predicted molar refractivity (Wildman–Crippen MR) is 77.8 cm³/mol. The van der Waals surface area contributed by atoms with Crippen LogP contribution in [0.25, 0.3) is 0 Å². The molecule has 1 aliphatic rings. The third kappa shape index (κ3) is 4.28. The summed E-state index contributed by atoms with van der Waals surface area (Å²) in [6.07, 6.45) is 2.07. The fourth-order valence-electron chi connectivity index (χ4n) is 2.61. The van der Waals surface area contributed by atoms with Gasteiger partial charge in [-0.3, -0.25) is 9.69 Å². The summed E-state index contributed by atoms with van der Waals surface area (Å²) in [5.41, 5.74) is 6.40. The minimum Gasteiger partial charge on any atom is -0.328 e. The van der Waals surface area contributed by atoms with E-state index in [2.05, 4.69) is 10.2 Å². The van der Waals surface area contributed by atoms with Crippen molar-refractivity contribution in [1.29, 1.82) is 0 Å². The summed E-state index contributed by atoms with van der Waals surface area (Å²) in [4.78, 5) is 14.0. The number of hydrogen-bond acceptors (Lipinski definition) is 3. The van der Waals surface area contributed by atoms with Crippen LogP contribution in [0.4, 0.5) is 10.1 Å². The van der Waals surface area contributed by atoms with E-state index in [4.69, 9.17) is 5.73 Å². The second-order valence-electron chi connectivity index (χ2n) is 5.53. The maximum Gasteiger partial charge on any atom is 0.238 e. The van der Waals surface area contributed by atoms with Crippen LogP contribution in [0.5, 0.6) is 0 Å². The molecule has 4 nitrogen and oxygen atoms in total. The van der Waals surface area contributed by atoms with E-state index in [-0.39, 0.29) is 17.8 Å². The lowest BCUT2D eigenvalue weighted by Gasteiger charge is -2.33. The highest BCUT2D eigenvalue weighted by atomic mass is 19.1. The molecule has 0 spiro atoms. The van der Waals surface area contributed by atoms with E-state index in [1.165, 1.54) is 12.1 Å². The molecule has 3 N–H and O–H groups in total. The Labute approximate surface area is 119 Å². The van der Waals surface area contributed by atoms with Crippen LogP contribution in [0.2, 0.25) is 0 Å². The molecule has 0 aromatic heterocycles. The Morgan fingerprint density at radius 3 is 2.80 bits per heavy atom. The van der Waals surface area contributed by atoms with Gasteiger partial charge in [0.1, 0.15) is 5.82 Å². The highest BCUT2D eigenvalue weighted by Crippen LogP contribution is 2.19. The van der Waals surface area contributed by atoms with Crippen molar-refractivity contribution in [2.45, 2.75) is 25.8 Å². The molecule has 1 unspecified atom stereocenters. The monoisotopic (exact) mass is 279 g/mol. The average Bonchev–Trinajstić information content (AvgIpc) is 2.39. The molecule has 5 heteroatoms. The molecule has 2 rings (SSSR count). The number of hydrogen-bond donors (Lipinski definition) is 2. The highest BCUT2D eigenvalue weighted by molar-refractivity contribution is 5.92. The Morgan fingerprint density at radius 1 is 1.50 bits per heavy atom. The zero-order chi connectivity index (χ0) is 14.5. The van der Waals surface area contributed by atoms with Gasteiger partial charge in [-0.05, 0) is 57.0 Å². The van der Waals surface area contributed by atoms with Crippen molar-refractivity contribution in [1.82, 2.24) is 4.90 Å². The summed E-state index contributed by atoms with van der Waals surface area (Å²) >= 11 is 0. The van der Waals surface area contributed by atoms with Crippen LogP contribution in [0.1, 0.15) is 19.8 Å². The van der Waals surface area contributed by atoms with Gasteiger partial charge in [0.05, 0.1) is 6.54 Å². The molecular weight excluding hydrogens is 257 g/mol. The molecule has 1 aromatic carbocycles. The Bertz CT molecular complexity index is 456. The van der Waals surface area contributed by atoms with Crippen molar-refractivity contribution >= 4 is 11.6 Å². The van der Waals surface area contributed by atoms with Gasteiger partial charge in [-0.25, -0.2) is 4.39 Å². The molecule has 1 aromatic rings. The maximum atomic E-state index is 13.0. The van der Waals surface area contributed by atoms with E-state index in [9.17, 15) is 9.18 Å². The normalized spacial score (nSPS) is 18.8. The molecule has 1 saturated heterocycles. The molecule has 110 valence electrons. The SMILES string of the molecule is CC(N)C1CCN(CC(=O)Nc2cccc(F)c2)CC1. The molecule has 0 aliphatic carbocycles. The predicted octanol–water partition coefficient (Wildman–Crippen LogP) is 1.82.